The Bertz CT molecular complexity index is 985. The molecule has 1 spiro atoms. The highest BCUT2D eigenvalue weighted by Crippen LogP contribution is 2.49. The van der Waals surface area contributed by atoms with Crippen LogP contribution in [0.5, 0.6) is 0 Å². The molecule has 2 aromatic rings. The maximum absolute atomic E-state index is 13.5. The van der Waals surface area contributed by atoms with E-state index < -0.39 is 11.6 Å². The minimum Gasteiger partial charge on any atom is -0.343 e. The minimum atomic E-state index is -1.02. The van der Waals surface area contributed by atoms with Gasteiger partial charge in [0, 0.05) is 29.2 Å². The number of nitrogens with zero attached hydrogens (tertiary/aromatic N) is 1. The molecule has 0 aliphatic carbocycles. The number of hydrogen-bond acceptors (Lipinski definition) is 4. The second kappa shape index (κ2) is 11.1. The second-order valence-electron chi connectivity index (χ2n) is 10.0. The fraction of sp³-hybridized carbons (Fsp3) is 0.481. The summed E-state index contributed by atoms with van der Waals surface area (Å²) in [5.41, 5.74) is 7.85. The van der Waals surface area contributed by atoms with Crippen molar-refractivity contribution in [3.8, 4) is 0 Å². The van der Waals surface area contributed by atoms with Crippen LogP contribution in [0, 0.1) is 0 Å². The van der Waals surface area contributed by atoms with Crippen LogP contribution in [-0.2, 0) is 21.4 Å². The van der Waals surface area contributed by atoms with Gasteiger partial charge in [-0.2, -0.15) is 0 Å². The van der Waals surface area contributed by atoms with Crippen molar-refractivity contribution in [1.82, 2.24) is 10.2 Å². The topological polar surface area (TPSA) is 75.4 Å². The van der Waals surface area contributed by atoms with Crippen LogP contribution in [0.15, 0.2) is 59.5 Å². The van der Waals surface area contributed by atoms with E-state index in [-0.39, 0.29) is 29.6 Å². The quantitative estimate of drug-likeness (QED) is 0.592. The molecule has 0 unspecified atom stereocenters. The molecule has 3 N–H and O–H groups in total. The lowest BCUT2D eigenvalue weighted by Crippen LogP contribution is -2.57. The summed E-state index contributed by atoms with van der Waals surface area (Å²) < 4.78 is 0. The van der Waals surface area contributed by atoms with Crippen LogP contribution in [0.1, 0.15) is 50.7 Å². The molecule has 1 atom stereocenters. The van der Waals surface area contributed by atoms with Gasteiger partial charge in [0.25, 0.3) is 0 Å². The number of piperidine rings is 1. The van der Waals surface area contributed by atoms with Gasteiger partial charge in [0.05, 0.1) is 5.54 Å². The molecule has 0 aromatic heterocycles. The van der Waals surface area contributed by atoms with Gasteiger partial charge in [0.15, 0.2) is 0 Å². The van der Waals surface area contributed by atoms with Gasteiger partial charge in [-0.15, -0.1) is 24.2 Å². The summed E-state index contributed by atoms with van der Waals surface area (Å²) in [6, 6.07) is 18.4. The van der Waals surface area contributed by atoms with Gasteiger partial charge in [-0.25, -0.2) is 0 Å². The molecule has 0 radical (unpaired) electrons. The molecule has 0 bridgehead atoms. The maximum Gasteiger partial charge on any atom is 0.245 e. The van der Waals surface area contributed by atoms with Gasteiger partial charge in [-0.3, -0.25) is 9.59 Å². The summed E-state index contributed by atoms with van der Waals surface area (Å²) in [6.07, 6.45) is 4.25. The van der Waals surface area contributed by atoms with E-state index in [0.29, 0.717) is 6.42 Å². The Hall–Kier alpha value is -2.02. The summed E-state index contributed by atoms with van der Waals surface area (Å²) in [6.45, 7) is 4.80. The molecule has 2 heterocycles. The fourth-order valence-electron chi connectivity index (χ4n) is 4.87. The lowest BCUT2D eigenvalue weighted by Gasteiger charge is -2.41. The predicted molar refractivity (Wildman–Crippen MR) is 141 cm³/mol. The Kier molecular flexibility index (Phi) is 8.72. The van der Waals surface area contributed by atoms with Crippen molar-refractivity contribution in [2.75, 3.05) is 18.8 Å². The van der Waals surface area contributed by atoms with E-state index in [9.17, 15) is 9.59 Å². The van der Waals surface area contributed by atoms with E-state index in [1.165, 1.54) is 16.0 Å². The van der Waals surface area contributed by atoms with Gasteiger partial charge < -0.3 is 16.0 Å². The predicted octanol–water partition coefficient (Wildman–Crippen LogP) is 4.32. The summed E-state index contributed by atoms with van der Waals surface area (Å²) in [7, 11) is 0. The van der Waals surface area contributed by atoms with Crippen LogP contribution in [0.2, 0.25) is 0 Å². The summed E-state index contributed by atoms with van der Waals surface area (Å²) >= 11 is 1.93. The zero-order chi connectivity index (χ0) is 23.5. The molecular weight excluding hydrogens is 466 g/mol. The molecule has 5 nitrogen and oxygen atoms in total. The first-order valence-corrected chi connectivity index (χ1v) is 12.9. The molecule has 2 amide bonds. The first-order chi connectivity index (χ1) is 15.8. The number of hydrogen-bond donors (Lipinski definition) is 2. The number of amides is 2. The van der Waals surface area contributed by atoms with Gasteiger partial charge in [0.2, 0.25) is 11.8 Å². The molecular formula is C27H36ClN3O2S. The zero-order valence-electron chi connectivity index (χ0n) is 20.1. The number of nitrogens with two attached hydrogens (primary N) is 1. The van der Waals surface area contributed by atoms with Crippen molar-refractivity contribution in [2.24, 2.45) is 5.73 Å². The number of carbonyl (C=O) groups excluding carboxylic acids is 2. The smallest absolute Gasteiger partial charge is 0.245 e. The summed E-state index contributed by atoms with van der Waals surface area (Å²) in [4.78, 5) is 29.5. The highest BCUT2D eigenvalue weighted by molar-refractivity contribution is 7.99. The molecule has 4 rings (SSSR count). The largest absolute Gasteiger partial charge is 0.343 e. The van der Waals surface area contributed by atoms with E-state index in [4.69, 9.17) is 5.73 Å². The van der Waals surface area contributed by atoms with Crippen LogP contribution < -0.4 is 11.1 Å². The van der Waals surface area contributed by atoms with Crippen molar-refractivity contribution in [2.45, 2.75) is 67.8 Å². The number of benzene rings is 2. The van der Waals surface area contributed by atoms with E-state index >= 15 is 0 Å². The van der Waals surface area contributed by atoms with Gasteiger partial charge >= 0.3 is 0 Å². The normalized spacial score (nSPS) is 17.6. The van der Waals surface area contributed by atoms with Crippen molar-refractivity contribution in [1.29, 1.82) is 0 Å². The van der Waals surface area contributed by atoms with Crippen LogP contribution in [-0.4, -0.2) is 47.1 Å². The highest BCUT2D eigenvalue weighted by Gasteiger charge is 2.43. The van der Waals surface area contributed by atoms with E-state index in [0.717, 1.165) is 44.5 Å². The molecule has 0 saturated carbocycles. The Morgan fingerprint density at radius 2 is 1.74 bits per heavy atom. The second-order valence-corrected chi connectivity index (χ2v) is 11.0. The third kappa shape index (κ3) is 5.96. The van der Waals surface area contributed by atoms with Gasteiger partial charge in [-0.1, -0.05) is 48.5 Å². The lowest BCUT2D eigenvalue weighted by atomic mass is 9.74. The van der Waals surface area contributed by atoms with Crippen LogP contribution in [0.25, 0.3) is 0 Å². The van der Waals surface area contributed by atoms with Crippen LogP contribution in [0.3, 0.4) is 0 Å². The molecule has 1 fully saturated rings. The van der Waals surface area contributed by atoms with Crippen molar-refractivity contribution >= 4 is 36.0 Å². The maximum atomic E-state index is 13.5. The molecule has 184 valence electrons. The third-order valence-electron chi connectivity index (χ3n) is 6.98. The Balaban J connectivity index is 0.00000324. The SMILES string of the molecule is CC(C)(N)C(=O)N[C@H](CCCc1ccccc1)C(=O)N1CCC2(CC1)CSc1ccccc12.Cl. The Morgan fingerprint density at radius 1 is 1.09 bits per heavy atom. The number of rotatable bonds is 7. The molecule has 2 aromatic carbocycles. The zero-order valence-corrected chi connectivity index (χ0v) is 21.7. The number of nitrogens with one attached hydrogen (secondary N) is 1. The minimum absolute atomic E-state index is 0. The fourth-order valence-corrected chi connectivity index (χ4v) is 6.36. The third-order valence-corrected chi connectivity index (χ3v) is 8.35. The summed E-state index contributed by atoms with van der Waals surface area (Å²) in [5.74, 6) is 0.831. The number of aryl methyl sites for hydroxylation is 1. The average Bonchev–Trinajstić information content (AvgIpc) is 3.16. The Labute approximate surface area is 213 Å². The molecule has 34 heavy (non-hydrogen) atoms. The standard InChI is InChI=1S/C27H35N3O2S.ClH/c1-26(2,28)25(32)29-22(13-8-11-20-9-4-3-5-10-20)24(31)30-17-15-27(16-18-30)19-33-23-14-7-6-12-21(23)27;/h3-7,9-10,12,14,22H,8,11,13,15-19,28H2,1-2H3,(H,29,32);1H/t22-;/m1./s1. The van der Waals surface area contributed by atoms with E-state index in [2.05, 4.69) is 41.7 Å². The lowest BCUT2D eigenvalue weighted by molar-refractivity contribution is -0.139. The van der Waals surface area contributed by atoms with Crippen LogP contribution in [0.4, 0.5) is 0 Å². The number of thioether (sulfide) groups is 1. The number of carbonyl (C=O) groups is 2. The van der Waals surface area contributed by atoms with Crippen LogP contribution >= 0.6 is 24.2 Å². The van der Waals surface area contributed by atoms with Crippen molar-refractivity contribution in [3.05, 3.63) is 65.7 Å². The first kappa shape index (κ1) is 26.6. The van der Waals surface area contributed by atoms with Gasteiger partial charge in [0.1, 0.15) is 6.04 Å². The van der Waals surface area contributed by atoms with E-state index in [1.54, 1.807) is 13.8 Å². The number of fused-ring (bicyclic) bond motifs is 2. The molecule has 7 heteroatoms. The van der Waals surface area contributed by atoms with Crippen molar-refractivity contribution < 1.29 is 9.59 Å². The Morgan fingerprint density at radius 3 is 2.41 bits per heavy atom. The first-order valence-electron chi connectivity index (χ1n) is 11.9. The van der Waals surface area contributed by atoms with E-state index in [1.807, 2.05) is 34.9 Å². The molecule has 1 saturated heterocycles. The molecule has 2 aliphatic heterocycles. The average molecular weight is 502 g/mol. The highest BCUT2D eigenvalue weighted by atomic mass is 35.5. The number of halogens is 1. The van der Waals surface area contributed by atoms with Gasteiger partial charge in [-0.05, 0) is 63.1 Å². The molecule has 2 aliphatic rings. The monoisotopic (exact) mass is 501 g/mol. The number of likely N-dealkylation sites (tertiary alicyclic amines) is 1. The summed E-state index contributed by atoms with van der Waals surface area (Å²) in [5, 5.41) is 2.96. The van der Waals surface area contributed by atoms with Crippen molar-refractivity contribution in [3.63, 3.8) is 0 Å².